The second-order valence-corrected chi connectivity index (χ2v) is 7.23. The van der Waals surface area contributed by atoms with Gasteiger partial charge in [0.25, 0.3) is 5.91 Å². The van der Waals surface area contributed by atoms with Crippen molar-refractivity contribution in [3.05, 3.63) is 53.6 Å². The normalized spacial score (nSPS) is 11.5. The second-order valence-electron chi connectivity index (χ2n) is 7.23. The van der Waals surface area contributed by atoms with Crippen LogP contribution in [0.3, 0.4) is 0 Å². The molecule has 0 saturated heterocycles. The predicted octanol–water partition coefficient (Wildman–Crippen LogP) is 2.55. The first-order valence-corrected chi connectivity index (χ1v) is 9.73. The lowest BCUT2D eigenvalue weighted by Gasteiger charge is -2.32. The van der Waals surface area contributed by atoms with E-state index < -0.39 is 23.6 Å². The summed E-state index contributed by atoms with van der Waals surface area (Å²) in [5.41, 5.74) is 6.19. The third-order valence-electron chi connectivity index (χ3n) is 4.84. The molecular formula is C23H28N2O6. The Labute approximate surface area is 181 Å². The zero-order chi connectivity index (χ0) is 23.1. The first kappa shape index (κ1) is 23.7. The molecule has 0 bridgehead atoms. The summed E-state index contributed by atoms with van der Waals surface area (Å²) >= 11 is 0. The zero-order valence-electron chi connectivity index (χ0n) is 18.4. The molecule has 0 aliphatic heterocycles. The highest BCUT2D eigenvalue weighted by molar-refractivity contribution is 6.04. The number of nitrogens with zero attached hydrogens (tertiary/aromatic N) is 1. The van der Waals surface area contributed by atoms with Gasteiger partial charge >= 0.3 is 0 Å². The van der Waals surface area contributed by atoms with Crippen LogP contribution in [0.4, 0.5) is 0 Å². The van der Waals surface area contributed by atoms with Crippen LogP contribution < -0.4 is 19.9 Å². The van der Waals surface area contributed by atoms with E-state index in [1.807, 2.05) is 0 Å². The number of rotatable bonds is 10. The van der Waals surface area contributed by atoms with Crippen molar-refractivity contribution < 1.29 is 28.6 Å². The number of carbonyl (C=O) groups excluding carboxylic acids is 3. The average Bonchev–Trinajstić information content (AvgIpc) is 2.76. The Bertz CT molecular complexity index is 917. The second kappa shape index (κ2) is 10.5. The summed E-state index contributed by atoms with van der Waals surface area (Å²) in [6.07, 6.45) is 0. The van der Waals surface area contributed by atoms with E-state index in [1.165, 1.54) is 38.4 Å². The molecule has 2 aromatic carbocycles. The largest absolute Gasteiger partial charge is 0.493 e. The summed E-state index contributed by atoms with van der Waals surface area (Å²) < 4.78 is 15.9. The number of hydrogen-bond acceptors (Lipinski definition) is 6. The summed E-state index contributed by atoms with van der Waals surface area (Å²) in [7, 11) is 4.35. The predicted molar refractivity (Wildman–Crippen MR) is 116 cm³/mol. The van der Waals surface area contributed by atoms with Crippen LogP contribution in [0.25, 0.3) is 0 Å². The van der Waals surface area contributed by atoms with Gasteiger partial charge in [-0.3, -0.25) is 14.4 Å². The molecule has 0 aromatic heterocycles. The zero-order valence-corrected chi connectivity index (χ0v) is 18.4. The first-order chi connectivity index (χ1) is 14.7. The fourth-order valence-electron chi connectivity index (χ4n) is 3.37. The quantitative estimate of drug-likeness (QED) is 0.583. The third-order valence-corrected chi connectivity index (χ3v) is 4.84. The lowest BCUT2D eigenvalue weighted by Crippen LogP contribution is -2.52. The van der Waals surface area contributed by atoms with Crippen molar-refractivity contribution in [3.8, 4) is 17.2 Å². The van der Waals surface area contributed by atoms with E-state index in [0.717, 1.165) is 0 Å². The van der Waals surface area contributed by atoms with Gasteiger partial charge < -0.3 is 24.8 Å². The van der Waals surface area contributed by atoms with Crippen molar-refractivity contribution in [2.24, 2.45) is 11.7 Å². The van der Waals surface area contributed by atoms with Crippen LogP contribution in [0.15, 0.2) is 42.5 Å². The fourth-order valence-corrected chi connectivity index (χ4v) is 3.37. The van der Waals surface area contributed by atoms with Gasteiger partial charge in [-0.15, -0.1) is 0 Å². The number of carbonyl (C=O) groups is 3. The third kappa shape index (κ3) is 5.33. The van der Waals surface area contributed by atoms with Crippen LogP contribution in [0.1, 0.15) is 34.6 Å². The summed E-state index contributed by atoms with van der Waals surface area (Å²) in [6.45, 7) is 3.19. The monoisotopic (exact) mass is 428 g/mol. The Balaban J connectivity index is 2.48. The van der Waals surface area contributed by atoms with E-state index in [4.69, 9.17) is 19.9 Å². The van der Waals surface area contributed by atoms with E-state index >= 15 is 0 Å². The minimum absolute atomic E-state index is 0.243. The van der Waals surface area contributed by atoms with Gasteiger partial charge in [-0.1, -0.05) is 32.0 Å². The summed E-state index contributed by atoms with van der Waals surface area (Å²) in [5, 5.41) is 0. The number of nitrogens with two attached hydrogens (primary N) is 1. The van der Waals surface area contributed by atoms with Gasteiger partial charge in [-0.2, -0.15) is 0 Å². The number of Topliss-reactive ketones (excluding diaryl/α,β-unsaturated/α-hetero) is 1. The molecule has 2 rings (SSSR count). The SMILES string of the molecule is COc1cc(C(=O)CN(C(=O)c2ccccc2)C(C(N)=O)C(C)C)cc(OC)c1OC. The Morgan fingerprint density at radius 1 is 0.903 bits per heavy atom. The number of benzene rings is 2. The number of primary amides is 1. The minimum atomic E-state index is -0.960. The lowest BCUT2D eigenvalue weighted by atomic mass is 9.99. The molecular weight excluding hydrogens is 400 g/mol. The summed E-state index contributed by atoms with van der Waals surface area (Å²) in [5.74, 6) is -0.886. The Morgan fingerprint density at radius 3 is 1.87 bits per heavy atom. The highest BCUT2D eigenvalue weighted by Crippen LogP contribution is 2.38. The van der Waals surface area contributed by atoms with E-state index in [2.05, 4.69) is 0 Å². The molecule has 0 aliphatic rings. The smallest absolute Gasteiger partial charge is 0.254 e. The fraction of sp³-hybridized carbons (Fsp3) is 0.348. The standard InChI is InChI=1S/C23H28N2O6/c1-14(2)20(22(24)27)25(23(28)15-9-7-6-8-10-15)13-17(26)16-11-18(29-3)21(31-5)19(12-16)30-4/h6-12,14,20H,13H2,1-5H3,(H2,24,27). The van der Waals surface area contributed by atoms with Crippen molar-refractivity contribution in [3.63, 3.8) is 0 Å². The van der Waals surface area contributed by atoms with Crippen LogP contribution >= 0.6 is 0 Å². The van der Waals surface area contributed by atoms with E-state index in [1.54, 1.807) is 44.2 Å². The van der Waals surface area contributed by atoms with Gasteiger partial charge in [-0.25, -0.2) is 0 Å². The molecule has 8 heteroatoms. The number of ketones is 1. The molecule has 8 nitrogen and oxygen atoms in total. The van der Waals surface area contributed by atoms with Crippen LogP contribution in [-0.4, -0.2) is 56.4 Å². The van der Waals surface area contributed by atoms with Crippen LogP contribution in [0.5, 0.6) is 17.2 Å². The van der Waals surface area contributed by atoms with Crippen LogP contribution in [0.2, 0.25) is 0 Å². The molecule has 0 saturated carbocycles. The van der Waals surface area contributed by atoms with Crippen molar-refractivity contribution in [2.45, 2.75) is 19.9 Å². The average molecular weight is 428 g/mol. The molecule has 0 radical (unpaired) electrons. The van der Waals surface area contributed by atoms with Gasteiger partial charge in [0.15, 0.2) is 17.3 Å². The van der Waals surface area contributed by atoms with Crippen molar-refractivity contribution >= 4 is 17.6 Å². The van der Waals surface area contributed by atoms with Crippen molar-refractivity contribution in [1.82, 2.24) is 4.90 Å². The molecule has 2 amide bonds. The maximum absolute atomic E-state index is 13.2. The van der Waals surface area contributed by atoms with Gasteiger partial charge in [0.05, 0.1) is 27.9 Å². The molecule has 0 fully saturated rings. The van der Waals surface area contributed by atoms with E-state index in [-0.39, 0.29) is 18.0 Å². The summed E-state index contributed by atoms with van der Waals surface area (Å²) in [4.78, 5) is 39.8. The molecule has 0 heterocycles. The number of methoxy groups -OCH3 is 3. The maximum Gasteiger partial charge on any atom is 0.254 e. The Morgan fingerprint density at radius 2 is 1.45 bits per heavy atom. The maximum atomic E-state index is 13.2. The molecule has 2 aromatic rings. The molecule has 1 unspecified atom stereocenters. The Kier molecular flexibility index (Phi) is 8.01. The lowest BCUT2D eigenvalue weighted by molar-refractivity contribution is -0.123. The number of hydrogen-bond donors (Lipinski definition) is 1. The molecule has 1 atom stereocenters. The first-order valence-electron chi connectivity index (χ1n) is 9.73. The van der Waals surface area contributed by atoms with E-state index in [9.17, 15) is 14.4 Å². The van der Waals surface area contributed by atoms with Crippen LogP contribution in [0, 0.1) is 5.92 Å². The molecule has 0 spiro atoms. The van der Waals surface area contributed by atoms with Gasteiger partial charge in [0.2, 0.25) is 11.7 Å². The molecule has 166 valence electrons. The highest BCUT2D eigenvalue weighted by Gasteiger charge is 2.33. The van der Waals surface area contributed by atoms with Crippen LogP contribution in [-0.2, 0) is 4.79 Å². The molecule has 2 N–H and O–H groups in total. The Hall–Kier alpha value is -3.55. The number of amides is 2. The minimum Gasteiger partial charge on any atom is -0.493 e. The van der Waals surface area contributed by atoms with E-state index in [0.29, 0.717) is 22.8 Å². The topological polar surface area (TPSA) is 108 Å². The molecule has 31 heavy (non-hydrogen) atoms. The summed E-state index contributed by atoms with van der Waals surface area (Å²) in [6, 6.07) is 10.5. The van der Waals surface area contributed by atoms with Crippen molar-refractivity contribution in [1.29, 1.82) is 0 Å². The number of ether oxygens (including phenoxy) is 3. The highest BCUT2D eigenvalue weighted by atomic mass is 16.5. The van der Waals surface area contributed by atoms with Gasteiger partial charge in [-0.05, 0) is 30.2 Å². The van der Waals surface area contributed by atoms with Gasteiger partial charge in [0.1, 0.15) is 6.04 Å². The van der Waals surface area contributed by atoms with Gasteiger partial charge in [0, 0.05) is 11.1 Å². The molecule has 0 aliphatic carbocycles. The van der Waals surface area contributed by atoms with Crippen molar-refractivity contribution in [2.75, 3.05) is 27.9 Å².